The first-order valence-electron chi connectivity index (χ1n) is 10.7. The maximum absolute atomic E-state index is 12.3. The fourth-order valence-electron chi connectivity index (χ4n) is 4.71. The molecule has 2 atom stereocenters. The van der Waals surface area contributed by atoms with Gasteiger partial charge >= 0.3 is 0 Å². The Morgan fingerprint density at radius 1 is 1.10 bits per heavy atom. The third-order valence-electron chi connectivity index (χ3n) is 6.38. The van der Waals surface area contributed by atoms with Crippen LogP contribution in [0.3, 0.4) is 0 Å². The number of nitrogens with zero attached hydrogens (tertiary/aromatic N) is 5. The van der Waals surface area contributed by atoms with Crippen molar-refractivity contribution in [1.29, 1.82) is 0 Å². The van der Waals surface area contributed by atoms with Gasteiger partial charge in [-0.1, -0.05) is 18.2 Å². The lowest BCUT2D eigenvalue weighted by Gasteiger charge is -2.34. The van der Waals surface area contributed by atoms with Crippen LogP contribution in [0.5, 0.6) is 0 Å². The van der Waals surface area contributed by atoms with Gasteiger partial charge in [0.05, 0.1) is 11.4 Å². The summed E-state index contributed by atoms with van der Waals surface area (Å²) >= 11 is 4.78. The van der Waals surface area contributed by atoms with Gasteiger partial charge in [0.1, 0.15) is 0 Å². The fraction of sp³-hybridized carbons (Fsp3) is 0.455. The number of hydrogen-bond acceptors (Lipinski definition) is 8. The van der Waals surface area contributed by atoms with E-state index in [1.807, 2.05) is 6.07 Å². The van der Waals surface area contributed by atoms with Gasteiger partial charge < -0.3 is 4.90 Å². The molecule has 3 aliphatic rings. The summed E-state index contributed by atoms with van der Waals surface area (Å²) < 4.78 is 0. The molecule has 2 unspecified atom stereocenters. The van der Waals surface area contributed by atoms with Crippen molar-refractivity contribution in [2.75, 3.05) is 31.1 Å². The Kier molecular flexibility index (Phi) is 5.64. The number of piperazine rings is 1. The molecule has 1 aromatic heterocycles. The Bertz CT molecular complexity index is 979. The number of carbonyl (C=O) groups is 2. The Morgan fingerprint density at radius 3 is 2.61 bits per heavy atom. The molecule has 0 bridgehead atoms. The molecule has 2 aromatic rings. The summed E-state index contributed by atoms with van der Waals surface area (Å²) in [5, 5.41) is 2.34. The number of carbonyl (C=O) groups excluding carboxylic acids is 2. The van der Waals surface area contributed by atoms with Crippen LogP contribution in [0.25, 0.3) is 0 Å². The number of thiol groups is 1. The molecule has 3 aliphatic heterocycles. The van der Waals surface area contributed by atoms with E-state index in [0.29, 0.717) is 19.4 Å². The summed E-state index contributed by atoms with van der Waals surface area (Å²) in [7, 11) is 0. The lowest BCUT2D eigenvalue weighted by molar-refractivity contribution is -0.137. The first-order chi connectivity index (χ1) is 15.1. The molecule has 0 saturated carbocycles. The molecule has 0 radical (unpaired) electrons. The second-order valence-electron chi connectivity index (χ2n) is 8.36. The second-order valence-corrected chi connectivity index (χ2v) is 8.85. The SMILES string of the molecule is O=C1CCC(N2Cc3cc(CN4CCN(c5ncccn5)CC4)ccc3C2S)C(=O)N1. The van der Waals surface area contributed by atoms with Crippen molar-refractivity contribution in [2.45, 2.75) is 37.3 Å². The molecular formula is C22H26N6O2S. The quantitative estimate of drug-likeness (QED) is 0.551. The maximum Gasteiger partial charge on any atom is 0.243 e. The van der Waals surface area contributed by atoms with E-state index in [1.165, 1.54) is 11.1 Å². The molecule has 9 heteroatoms. The third-order valence-corrected chi connectivity index (χ3v) is 6.95. The average Bonchev–Trinajstić information content (AvgIpc) is 3.10. The summed E-state index contributed by atoms with van der Waals surface area (Å²) in [6.45, 7) is 5.34. The lowest BCUT2D eigenvalue weighted by atomic mass is 10.0. The monoisotopic (exact) mass is 438 g/mol. The van der Waals surface area contributed by atoms with Crippen LogP contribution in [-0.2, 0) is 22.7 Å². The molecule has 1 aromatic carbocycles. The van der Waals surface area contributed by atoms with E-state index in [4.69, 9.17) is 12.6 Å². The van der Waals surface area contributed by atoms with Gasteiger partial charge in [0.25, 0.3) is 0 Å². The van der Waals surface area contributed by atoms with E-state index >= 15 is 0 Å². The summed E-state index contributed by atoms with van der Waals surface area (Å²) in [5.41, 5.74) is 3.65. The molecule has 2 saturated heterocycles. The highest BCUT2D eigenvalue weighted by Crippen LogP contribution is 2.39. The molecule has 5 rings (SSSR count). The third kappa shape index (κ3) is 4.17. The summed E-state index contributed by atoms with van der Waals surface area (Å²) in [4.78, 5) is 39.3. The average molecular weight is 439 g/mol. The second kappa shape index (κ2) is 8.57. The summed E-state index contributed by atoms with van der Waals surface area (Å²) in [6, 6.07) is 8.09. The van der Waals surface area contributed by atoms with E-state index in [0.717, 1.165) is 44.2 Å². The van der Waals surface area contributed by atoms with Crippen molar-refractivity contribution >= 4 is 30.4 Å². The molecule has 0 aliphatic carbocycles. The fourth-order valence-corrected chi connectivity index (χ4v) is 5.20. The van der Waals surface area contributed by atoms with Crippen molar-refractivity contribution in [2.24, 2.45) is 0 Å². The number of piperidine rings is 1. The van der Waals surface area contributed by atoms with Crippen LogP contribution in [-0.4, -0.2) is 63.8 Å². The van der Waals surface area contributed by atoms with Gasteiger partial charge in [0, 0.05) is 58.1 Å². The number of aromatic nitrogens is 2. The van der Waals surface area contributed by atoms with Crippen LogP contribution in [0.15, 0.2) is 36.7 Å². The number of imide groups is 1. The lowest BCUT2D eigenvalue weighted by Crippen LogP contribution is -2.51. The van der Waals surface area contributed by atoms with Crippen LogP contribution in [0.1, 0.15) is 34.9 Å². The van der Waals surface area contributed by atoms with Gasteiger partial charge in [-0.05, 0) is 29.2 Å². The summed E-state index contributed by atoms with van der Waals surface area (Å²) in [6.07, 6.45) is 4.51. The Morgan fingerprint density at radius 2 is 1.87 bits per heavy atom. The first-order valence-corrected chi connectivity index (χ1v) is 11.2. The maximum atomic E-state index is 12.3. The largest absolute Gasteiger partial charge is 0.338 e. The number of nitrogens with one attached hydrogen (secondary N) is 1. The number of rotatable bonds is 4. The number of amides is 2. The molecule has 2 amide bonds. The highest BCUT2D eigenvalue weighted by Gasteiger charge is 2.39. The van der Waals surface area contributed by atoms with E-state index in [2.05, 4.69) is 48.2 Å². The zero-order valence-corrected chi connectivity index (χ0v) is 18.2. The number of fused-ring (bicyclic) bond motifs is 1. The zero-order chi connectivity index (χ0) is 21.4. The van der Waals surface area contributed by atoms with Crippen LogP contribution >= 0.6 is 12.6 Å². The molecule has 0 spiro atoms. The Balaban J connectivity index is 1.21. The van der Waals surface area contributed by atoms with Crippen molar-refractivity contribution in [3.8, 4) is 0 Å². The van der Waals surface area contributed by atoms with Crippen LogP contribution in [0.4, 0.5) is 5.95 Å². The number of benzene rings is 1. The first kappa shape index (κ1) is 20.4. The minimum Gasteiger partial charge on any atom is -0.338 e. The molecule has 4 heterocycles. The molecule has 2 fully saturated rings. The van der Waals surface area contributed by atoms with E-state index < -0.39 is 0 Å². The molecular weight excluding hydrogens is 412 g/mol. The molecule has 1 N–H and O–H groups in total. The van der Waals surface area contributed by atoms with Gasteiger partial charge in [-0.3, -0.25) is 24.7 Å². The Labute approximate surface area is 187 Å². The summed E-state index contributed by atoms with van der Waals surface area (Å²) in [5.74, 6) is 0.409. The molecule has 31 heavy (non-hydrogen) atoms. The highest BCUT2D eigenvalue weighted by atomic mass is 32.1. The van der Waals surface area contributed by atoms with Crippen LogP contribution < -0.4 is 10.2 Å². The minimum atomic E-state index is -0.302. The van der Waals surface area contributed by atoms with Gasteiger partial charge in [-0.25, -0.2) is 9.97 Å². The van der Waals surface area contributed by atoms with Crippen molar-refractivity contribution in [3.05, 3.63) is 53.3 Å². The van der Waals surface area contributed by atoms with Crippen LogP contribution in [0, 0.1) is 0 Å². The van der Waals surface area contributed by atoms with E-state index in [9.17, 15) is 9.59 Å². The standard InChI is InChI=1S/C22H26N6O2S/c29-19-5-4-18(20(30)25-19)28-14-16-12-15(2-3-17(16)21(28)31)13-26-8-10-27(11-9-26)22-23-6-1-7-24-22/h1-3,6-7,12,18,21,31H,4-5,8-11,13-14H2,(H,25,29,30). The smallest absolute Gasteiger partial charge is 0.243 e. The van der Waals surface area contributed by atoms with Gasteiger partial charge in [0.2, 0.25) is 17.8 Å². The predicted octanol–water partition coefficient (Wildman–Crippen LogP) is 1.35. The topological polar surface area (TPSA) is 81.7 Å². The van der Waals surface area contributed by atoms with E-state index in [1.54, 1.807) is 12.4 Å². The molecule has 8 nitrogen and oxygen atoms in total. The van der Waals surface area contributed by atoms with Crippen molar-refractivity contribution in [3.63, 3.8) is 0 Å². The Hall–Kier alpha value is -2.49. The zero-order valence-electron chi connectivity index (χ0n) is 17.3. The number of anilines is 1. The van der Waals surface area contributed by atoms with Gasteiger partial charge in [-0.2, -0.15) is 12.6 Å². The van der Waals surface area contributed by atoms with Crippen molar-refractivity contribution in [1.82, 2.24) is 25.1 Å². The van der Waals surface area contributed by atoms with Gasteiger partial charge in [0.15, 0.2) is 0 Å². The van der Waals surface area contributed by atoms with Gasteiger partial charge in [-0.15, -0.1) is 0 Å². The van der Waals surface area contributed by atoms with Crippen molar-refractivity contribution < 1.29 is 9.59 Å². The predicted molar refractivity (Wildman–Crippen MR) is 119 cm³/mol. The molecule has 162 valence electrons. The normalized spacial score (nSPS) is 24.9. The number of hydrogen-bond donors (Lipinski definition) is 2. The van der Waals surface area contributed by atoms with Crippen LogP contribution in [0.2, 0.25) is 0 Å². The highest BCUT2D eigenvalue weighted by molar-refractivity contribution is 7.80. The van der Waals surface area contributed by atoms with E-state index in [-0.39, 0.29) is 23.2 Å². The minimum absolute atomic E-state index is 0.123.